The molecule has 0 saturated heterocycles. The molecule has 0 aliphatic carbocycles. The lowest BCUT2D eigenvalue weighted by Crippen LogP contribution is -2.29. The Hall–Kier alpha value is -1.47. The zero-order chi connectivity index (χ0) is 36.8. The molecule has 0 aromatic rings. The molecule has 0 unspecified atom stereocenters. The minimum atomic E-state index is -4.75. The summed E-state index contributed by atoms with van der Waals surface area (Å²) in [7, 11) is -4.75. The molecular weight excluding hydrogens is 651 g/mol. The fourth-order valence-corrected chi connectivity index (χ4v) is 6.19. The van der Waals surface area contributed by atoms with Crippen molar-refractivity contribution in [3.63, 3.8) is 0 Å². The third-order valence-corrected chi connectivity index (χ3v) is 9.43. The van der Waals surface area contributed by atoms with Crippen molar-refractivity contribution >= 4 is 19.8 Å². The number of ether oxygens (including phenoxy) is 2. The quantitative estimate of drug-likeness (QED) is 0.0279. The Kier molecular flexibility index (Phi) is 36.2. The van der Waals surface area contributed by atoms with Crippen molar-refractivity contribution in [1.82, 2.24) is 0 Å². The summed E-state index contributed by atoms with van der Waals surface area (Å²) in [4.78, 5) is 42.8. The second kappa shape index (κ2) is 37.3. The van der Waals surface area contributed by atoms with Gasteiger partial charge in [0.05, 0.1) is 6.61 Å². The third-order valence-electron chi connectivity index (χ3n) is 8.94. The predicted octanol–water partition coefficient (Wildman–Crippen LogP) is 12.4. The number of carbonyl (C=O) groups is 2. The number of unbranched alkanes of at least 4 members (excludes halogenated alkanes) is 24. The number of phosphoric ester groups is 1. The lowest BCUT2D eigenvalue weighted by Gasteiger charge is -2.18. The molecule has 50 heavy (non-hydrogen) atoms. The summed E-state index contributed by atoms with van der Waals surface area (Å²) < 4.78 is 26.4. The molecule has 9 heteroatoms. The van der Waals surface area contributed by atoms with Gasteiger partial charge in [0.2, 0.25) is 0 Å². The van der Waals surface area contributed by atoms with Crippen LogP contribution in [-0.4, -0.2) is 41.0 Å². The molecule has 0 fully saturated rings. The number of hydrogen-bond acceptors (Lipinski definition) is 6. The van der Waals surface area contributed by atoms with E-state index in [0.29, 0.717) is 6.42 Å². The summed E-state index contributed by atoms with van der Waals surface area (Å²) in [6.07, 6.45) is 41.8. The van der Waals surface area contributed by atoms with Gasteiger partial charge in [0.15, 0.2) is 6.10 Å². The van der Waals surface area contributed by atoms with Crippen molar-refractivity contribution in [3.05, 3.63) is 24.3 Å². The monoisotopic (exact) mass is 729 g/mol. The van der Waals surface area contributed by atoms with E-state index in [1.54, 1.807) is 0 Å². The number of phosphoric acid groups is 1. The summed E-state index contributed by atoms with van der Waals surface area (Å²) in [5.41, 5.74) is 0. The molecule has 294 valence electrons. The normalized spacial score (nSPS) is 12.6. The van der Waals surface area contributed by atoms with Gasteiger partial charge < -0.3 is 19.3 Å². The Morgan fingerprint density at radius 3 is 1.22 bits per heavy atom. The first-order valence-corrected chi connectivity index (χ1v) is 22.2. The Balaban J connectivity index is 3.91. The molecule has 0 bridgehead atoms. The summed E-state index contributed by atoms with van der Waals surface area (Å²) in [5.74, 6) is -0.887. The van der Waals surface area contributed by atoms with Crippen LogP contribution >= 0.6 is 7.82 Å². The highest BCUT2D eigenvalue weighted by atomic mass is 31.2. The molecule has 0 radical (unpaired) electrons. The number of carbonyl (C=O) groups excluding carboxylic acids is 2. The summed E-state index contributed by atoms with van der Waals surface area (Å²) in [6, 6.07) is 0. The molecular formula is C41H77O8P. The third kappa shape index (κ3) is 39.3. The second-order valence-electron chi connectivity index (χ2n) is 14.0. The minimum Gasteiger partial charge on any atom is -0.462 e. The van der Waals surface area contributed by atoms with Crippen molar-refractivity contribution in [2.45, 2.75) is 213 Å². The van der Waals surface area contributed by atoms with E-state index in [2.05, 4.69) is 42.7 Å². The van der Waals surface area contributed by atoms with E-state index < -0.39 is 32.5 Å². The van der Waals surface area contributed by atoms with E-state index in [9.17, 15) is 14.2 Å². The Bertz CT molecular complexity index is 869. The Morgan fingerprint density at radius 1 is 0.500 bits per heavy atom. The van der Waals surface area contributed by atoms with E-state index in [1.165, 1.54) is 122 Å². The van der Waals surface area contributed by atoms with Gasteiger partial charge in [-0.25, -0.2) is 4.57 Å². The molecule has 0 amide bonds. The highest BCUT2D eigenvalue weighted by Crippen LogP contribution is 2.36. The van der Waals surface area contributed by atoms with Crippen molar-refractivity contribution < 1.29 is 37.9 Å². The van der Waals surface area contributed by atoms with E-state index >= 15 is 0 Å². The maximum absolute atomic E-state index is 12.4. The van der Waals surface area contributed by atoms with Crippen molar-refractivity contribution in [1.29, 1.82) is 0 Å². The van der Waals surface area contributed by atoms with Crippen LogP contribution in [0, 0.1) is 0 Å². The van der Waals surface area contributed by atoms with Crippen LogP contribution in [0.4, 0.5) is 0 Å². The molecule has 1 atom stereocenters. The number of esters is 2. The van der Waals surface area contributed by atoms with Gasteiger partial charge in [-0.3, -0.25) is 14.1 Å². The van der Waals surface area contributed by atoms with Crippen LogP contribution in [0.25, 0.3) is 0 Å². The number of allylic oxidation sites excluding steroid dienone is 4. The highest BCUT2D eigenvalue weighted by molar-refractivity contribution is 7.46. The molecule has 0 spiro atoms. The summed E-state index contributed by atoms with van der Waals surface area (Å²) >= 11 is 0. The van der Waals surface area contributed by atoms with E-state index in [-0.39, 0.29) is 19.4 Å². The van der Waals surface area contributed by atoms with E-state index in [0.717, 1.165) is 51.4 Å². The average Bonchev–Trinajstić information content (AvgIpc) is 3.08. The lowest BCUT2D eigenvalue weighted by atomic mass is 10.1. The summed E-state index contributed by atoms with van der Waals surface area (Å²) in [6.45, 7) is 3.67. The standard InChI is InChI=1S/C41H77O8P/c1-3-5-7-9-11-13-15-17-19-20-22-24-26-28-30-32-34-36-41(43)49-39(38-48-50(44,45)46)37-47-40(42)35-33-31-29-27-25-23-21-18-16-14-12-10-8-6-4-2/h13-16,39H,3-12,17-38H2,1-2H3,(H2,44,45,46)/b15-13+,16-14+/t39-/m1/s1. The van der Waals surface area contributed by atoms with Crippen LogP contribution < -0.4 is 0 Å². The highest BCUT2D eigenvalue weighted by Gasteiger charge is 2.22. The number of rotatable bonds is 38. The van der Waals surface area contributed by atoms with Crippen molar-refractivity contribution in [2.75, 3.05) is 13.2 Å². The molecule has 0 aliphatic heterocycles. The number of hydrogen-bond donors (Lipinski definition) is 2. The fraction of sp³-hybridized carbons (Fsp3) is 0.854. The zero-order valence-electron chi connectivity index (χ0n) is 32.3. The molecule has 0 saturated carbocycles. The van der Waals surface area contributed by atoms with Crippen molar-refractivity contribution in [2.24, 2.45) is 0 Å². The maximum atomic E-state index is 12.4. The first-order valence-electron chi connectivity index (χ1n) is 20.6. The smallest absolute Gasteiger partial charge is 0.462 e. The maximum Gasteiger partial charge on any atom is 0.469 e. The molecule has 0 rings (SSSR count). The van der Waals surface area contributed by atoms with Gasteiger partial charge in [0, 0.05) is 12.8 Å². The topological polar surface area (TPSA) is 119 Å². The second-order valence-corrected chi connectivity index (χ2v) is 15.2. The largest absolute Gasteiger partial charge is 0.469 e. The molecule has 0 aliphatic rings. The minimum absolute atomic E-state index is 0.211. The molecule has 2 N–H and O–H groups in total. The molecule has 8 nitrogen and oxygen atoms in total. The van der Waals surface area contributed by atoms with Gasteiger partial charge in [-0.15, -0.1) is 0 Å². The van der Waals surface area contributed by atoms with Gasteiger partial charge >= 0.3 is 19.8 Å². The molecule has 0 heterocycles. The fourth-order valence-electron chi connectivity index (χ4n) is 5.83. The van der Waals surface area contributed by atoms with Crippen LogP contribution in [-0.2, 0) is 28.2 Å². The van der Waals surface area contributed by atoms with Crippen LogP contribution in [0.5, 0.6) is 0 Å². The SMILES string of the molecule is CCCCCC/C=C/CCCCCCCCCCCC(=O)O[C@H](COC(=O)CCCCCCCCC/C=C/CCCCCC)COP(=O)(O)O. The van der Waals surface area contributed by atoms with Crippen LogP contribution in [0.15, 0.2) is 24.3 Å². The van der Waals surface area contributed by atoms with Crippen LogP contribution in [0.2, 0.25) is 0 Å². The van der Waals surface area contributed by atoms with Gasteiger partial charge in [0.25, 0.3) is 0 Å². The van der Waals surface area contributed by atoms with Crippen LogP contribution in [0.3, 0.4) is 0 Å². The Morgan fingerprint density at radius 2 is 0.840 bits per heavy atom. The average molecular weight is 729 g/mol. The lowest BCUT2D eigenvalue weighted by molar-refractivity contribution is -0.161. The zero-order valence-corrected chi connectivity index (χ0v) is 33.2. The van der Waals surface area contributed by atoms with Gasteiger partial charge in [-0.05, 0) is 64.2 Å². The van der Waals surface area contributed by atoms with Gasteiger partial charge in [-0.2, -0.15) is 0 Å². The summed E-state index contributed by atoms with van der Waals surface area (Å²) in [5, 5.41) is 0. The van der Waals surface area contributed by atoms with E-state index in [4.69, 9.17) is 19.3 Å². The van der Waals surface area contributed by atoms with Crippen molar-refractivity contribution in [3.8, 4) is 0 Å². The molecule has 0 aromatic heterocycles. The van der Waals surface area contributed by atoms with Crippen LogP contribution in [0.1, 0.15) is 206 Å². The van der Waals surface area contributed by atoms with Gasteiger partial charge in [-0.1, -0.05) is 154 Å². The molecule has 0 aromatic carbocycles. The van der Waals surface area contributed by atoms with Gasteiger partial charge in [0.1, 0.15) is 6.61 Å². The first kappa shape index (κ1) is 48.5. The predicted molar refractivity (Wildman–Crippen MR) is 207 cm³/mol. The Labute approximate surface area is 307 Å². The first-order chi connectivity index (χ1) is 24.3. The van der Waals surface area contributed by atoms with E-state index in [1.807, 2.05) is 0 Å².